The molecule has 3 heteroatoms. The van der Waals surface area contributed by atoms with Crippen molar-refractivity contribution in [2.75, 3.05) is 5.75 Å². The molecule has 0 N–H and O–H groups in total. The first kappa shape index (κ1) is 9.44. The number of aryl methyl sites for hydroxylation is 1. The standard InChI is InChI=1S/C9H8ClNS/c1-7-8(3-2-6-12)4-5-9(10)11-7/h4-5,12H,6H2,1H3. The normalized spacial score (nSPS) is 8.92. The van der Waals surface area contributed by atoms with Gasteiger partial charge < -0.3 is 0 Å². The molecule has 0 aliphatic rings. The van der Waals surface area contributed by atoms with E-state index in [1.54, 1.807) is 6.07 Å². The van der Waals surface area contributed by atoms with Crippen molar-refractivity contribution in [3.05, 3.63) is 28.5 Å². The second-order valence-electron chi connectivity index (χ2n) is 2.23. The average Bonchev–Trinajstić information content (AvgIpc) is 2.03. The monoisotopic (exact) mass is 197 g/mol. The largest absolute Gasteiger partial charge is 0.240 e. The van der Waals surface area contributed by atoms with Crippen LogP contribution in [-0.2, 0) is 0 Å². The van der Waals surface area contributed by atoms with Gasteiger partial charge in [0.05, 0.1) is 11.4 Å². The van der Waals surface area contributed by atoms with Crippen molar-refractivity contribution in [3.8, 4) is 11.8 Å². The van der Waals surface area contributed by atoms with E-state index < -0.39 is 0 Å². The third-order valence-corrected chi connectivity index (χ3v) is 1.72. The molecule has 1 heterocycles. The van der Waals surface area contributed by atoms with Crippen LogP contribution >= 0.6 is 24.2 Å². The van der Waals surface area contributed by atoms with Crippen LogP contribution in [0.25, 0.3) is 0 Å². The van der Waals surface area contributed by atoms with Crippen LogP contribution in [0.15, 0.2) is 12.1 Å². The molecule has 0 aliphatic carbocycles. The summed E-state index contributed by atoms with van der Waals surface area (Å²) in [6.07, 6.45) is 0. The first-order valence-corrected chi connectivity index (χ1v) is 4.48. The third kappa shape index (κ3) is 2.44. The second kappa shape index (κ2) is 4.39. The summed E-state index contributed by atoms with van der Waals surface area (Å²) in [7, 11) is 0. The van der Waals surface area contributed by atoms with Crippen LogP contribution < -0.4 is 0 Å². The fourth-order valence-electron chi connectivity index (χ4n) is 0.797. The van der Waals surface area contributed by atoms with Gasteiger partial charge in [-0.2, -0.15) is 12.6 Å². The predicted octanol–water partition coefficient (Wildman–Crippen LogP) is 2.32. The van der Waals surface area contributed by atoms with Crippen molar-refractivity contribution in [1.82, 2.24) is 4.98 Å². The quantitative estimate of drug-likeness (QED) is 0.383. The Bertz CT molecular complexity index is 338. The molecule has 0 unspecified atom stereocenters. The van der Waals surface area contributed by atoms with Crippen molar-refractivity contribution >= 4 is 24.2 Å². The van der Waals surface area contributed by atoms with Crippen LogP contribution in [0.1, 0.15) is 11.3 Å². The number of aromatic nitrogens is 1. The summed E-state index contributed by atoms with van der Waals surface area (Å²) in [6.45, 7) is 1.88. The molecule has 12 heavy (non-hydrogen) atoms. The highest BCUT2D eigenvalue weighted by molar-refractivity contribution is 7.80. The molecule has 0 saturated carbocycles. The van der Waals surface area contributed by atoms with Gasteiger partial charge in [0.25, 0.3) is 0 Å². The van der Waals surface area contributed by atoms with Crippen molar-refractivity contribution in [2.24, 2.45) is 0 Å². The maximum Gasteiger partial charge on any atom is 0.129 e. The van der Waals surface area contributed by atoms with E-state index in [0.717, 1.165) is 11.3 Å². The van der Waals surface area contributed by atoms with Gasteiger partial charge >= 0.3 is 0 Å². The smallest absolute Gasteiger partial charge is 0.129 e. The van der Waals surface area contributed by atoms with Gasteiger partial charge in [0.1, 0.15) is 5.15 Å². The van der Waals surface area contributed by atoms with E-state index in [2.05, 4.69) is 29.5 Å². The van der Waals surface area contributed by atoms with Gasteiger partial charge in [-0.05, 0) is 19.1 Å². The van der Waals surface area contributed by atoms with Gasteiger partial charge in [0, 0.05) is 5.56 Å². The van der Waals surface area contributed by atoms with Gasteiger partial charge in [0.2, 0.25) is 0 Å². The van der Waals surface area contributed by atoms with Crippen molar-refractivity contribution < 1.29 is 0 Å². The molecule has 1 rings (SSSR count). The minimum atomic E-state index is 0.504. The molecule has 0 aromatic carbocycles. The lowest BCUT2D eigenvalue weighted by atomic mass is 10.2. The van der Waals surface area contributed by atoms with Gasteiger partial charge in [-0.25, -0.2) is 4.98 Å². The molecular formula is C9H8ClNS. The Morgan fingerprint density at radius 1 is 1.58 bits per heavy atom. The van der Waals surface area contributed by atoms with Crippen LogP contribution in [0.5, 0.6) is 0 Å². The Morgan fingerprint density at radius 3 is 2.92 bits per heavy atom. The van der Waals surface area contributed by atoms with Gasteiger partial charge in [0.15, 0.2) is 0 Å². The zero-order valence-corrected chi connectivity index (χ0v) is 8.28. The maximum absolute atomic E-state index is 5.68. The van der Waals surface area contributed by atoms with Crippen LogP contribution in [0.4, 0.5) is 0 Å². The summed E-state index contributed by atoms with van der Waals surface area (Å²) in [5.41, 5.74) is 1.77. The summed E-state index contributed by atoms with van der Waals surface area (Å²) in [5, 5.41) is 0.504. The molecule has 0 spiro atoms. The number of thiol groups is 1. The number of nitrogens with zero attached hydrogens (tertiary/aromatic N) is 1. The summed E-state index contributed by atoms with van der Waals surface area (Å²) >= 11 is 9.66. The summed E-state index contributed by atoms with van der Waals surface area (Å²) in [4.78, 5) is 4.06. The summed E-state index contributed by atoms with van der Waals surface area (Å²) in [5.74, 6) is 6.36. The fraction of sp³-hybridized carbons (Fsp3) is 0.222. The third-order valence-electron chi connectivity index (χ3n) is 1.35. The Kier molecular flexibility index (Phi) is 3.46. The molecule has 0 atom stereocenters. The number of pyridine rings is 1. The van der Waals surface area contributed by atoms with E-state index in [1.165, 1.54) is 0 Å². The molecule has 0 radical (unpaired) electrons. The Morgan fingerprint density at radius 2 is 2.33 bits per heavy atom. The minimum Gasteiger partial charge on any atom is -0.240 e. The van der Waals surface area contributed by atoms with Crippen molar-refractivity contribution in [1.29, 1.82) is 0 Å². The fourth-order valence-corrected chi connectivity index (χ4v) is 1.07. The first-order valence-electron chi connectivity index (χ1n) is 3.47. The van der Waals surface area contributed by atoms with Gasteiger partial charge in [-0.15, -0.1) is 0 Å². The maximum atomic E-state index is 5.68. The van der Waals surface area contributed by atoms with E-state index in [9.17, 15) is 0 Å². The minimum absolute atomic E-state index is 0.504. The Labute approximate surface area is 82.6 Å². The molecule has 1 aromatic heterocycles. The predicted molar refractivity (Wildman–Crippen MR) is 54.7 cm³/mol. The van der Waals surface area contributed by atoms with E-state index in [1.807, 2.05) is 13.0 Å². The lowest BCUT2D eigenvalue weighted by Crippen LogP contribution is -1.87. The van der Waals surface area contributed by atoms with E-state index in [4.69, 9.17) is 11.6 Å². The number of rotatable bonds is 0. The molecule has 62 valence electrons. The zero-order chi connectivity index (χ0) is 8.97. The lowest BCUT2D eigenvalue weighted by molar-refractivity contribution is 1.19. The Hall–Kier alpha value is -0.650. The topological polar surface area (TPSA) is 12.9 Å². The SMILES string of the molecule is Cc1nc(Cl)ccc1C#CCS. The lowest BCUT2D eigenvalue weighted by Gasteiger charge is -1.96. The molecule has 0 aliphatic heterocycles. The summed E-state index contributed by atoms with van der Waals surface area (Å²) in [6, 6.07) is 3.60. The second-order valence-corrected chi connectivity index (χ2v) is 2.93. The van der Waals surface area contributed by atoms with Crippen molar-refractivity contribution in [3.63, 3.8) is 0 Å². The molecule has 0 amide bonds. The molecule has 0 fully saturated rings. The molecular weight excluding hydrogens is 190 g/mol. The first-order chi connectivity index (χ1) is 5.74. The van der Waals surface area contributed by atoms with Crippen LogP contribution in [0.2, 0.25) is 5.15 Å². The molecule has 1 aromatic rings. The van der Waals surface area contributed by atoms with Gasteiger partial charge in [-0.1, -0.05) is 23.4 Å². The van der Waals surface area contributed by atoms with Crippen molar-refractivity contribution in [2.45, 2.75) is 6.92 Å². The van der Waals surface area contributed by atoms with Gasteiger partial charge in [-0.3, -0.25) is 0 Å². The average molecular weight is 198 g/mol. The van der Waals surface area contributed by atoms with E-state index in [0.29, 0.717) is 10.9 Å². The molecule has 1 nitrogen and oxygen atoms in total. The Balaban J connectivity index is 3.01. The number of hydrogen-bond acceptors (Lipinski definition) is 2. The van der Waals surface area contributed by atoms with Crippen LogP contribution in [0.3, 0.4) is 0 Å². The highest BCUT2D eigenvalue weighted by atomic mass is 35.5. The van der Waals surface area contributed by atoms with Crippen LogP contribution in [-0.4, -0.2) is 10.7 Å². The van der Waals surface area contributed by atoms with E-state index in [-0.39, 0.29) is 0 Å². The number of halogens is 1. The molecule has 0 saturated heterocycles. The van der Waals surface area contributed by atoms with Crippen LogP contribution in [0, 0.1) is 18.8 Å². The highest BCUT2D eigenvalue weighted by Crippen LogP contribution is 2.09. The molecule has 0 bridgehead atoms. The summed E-state index contributed by atoms with van der Waals surface area (Å²) < 4.78 is 0. The number of hydrogen-bond donors (Lipinski definition) is 1. The highest BCUT2D eigenvalue weighted by Gasteiger charge is 1.95. The zero-order valence-electron chi connectivity index (χ0n) is 6.63. The van der Waals surface area contributed by atoms with E-state index >= 15 is 0 Å².